The molecule has 112 valence electrons. The topological polar surface area (TPSA) is 35.2 Å². The summed E-state index contributed by atoms with van der Waals surface area (Å²) in [6, 6.07) is 11.3. The summed E-state index contributed by atoms with van der Waals surface area (Å²) in [5.74, 6) is 1.52. The Balaban J connectivity index is 2.33. The average molecular weight is 324 g/mol. The van der Waals surface area contributed by atoms with Crippen LogP contribution < -0.4 is 10.5 Å². The van der Waals surface area contributed by atoms with E-state index in [2.05, 4.69) is 6.92 Å². The van der Waals surface area contributed by atoms with Crippen molar-refractivity contribution in [2.24, 2.45) is 5.73 Å². The predicted molar refractivity (Wildman–Crippen MR) is 89.7 cm³/mol. The van der Waals surface area contributed by atoms with Crippen molar-refractivity contribution in [3.8, 4) is 11.5 Å². The number of halogens is 2. The van der Waals surface area contributed by atoms with Crippen molar-refractivity contribution in [3.05, 3.63) is 57.6 Å². The fraction of sp³-hybridized carbons (Fsp3) is 0.294. The summed E-state index contributed by atoms with van der Waals surface area (Å²) in [5.41, 5.74) is 7.98. The highest BCUT2D eigenvalue weighted by molar-refractivity contribution is 6.31. The van der Waals surface area contributed by atoms with Crippen LogP contribution in [0.5, 0.6) is 11.5 Å². The first kappa shape index (κ1) is 16.2. The van der Waals surface area contributed by atoms with Gasteiger partial charge in [-0.15, -0.1) is 0 Å². The molecule has 21 heavy (non-hydrogen) atoms. The molecule has 2 N–H and O–H groups in total. The molecule has 0 spiro atoms. The van der Waals surface area contributed by atoms with Crippen molar-refractivity contribution in [1.29, 1.82) is 0 Å². The Labute approximate surface area is 135 Å². The van der Waals surface area contributed by atoms with Crippen LogP contribution in [0.1, 0.15) is 24.5 Å². The lowest BCUT2D eigenvalue weighted by molar-refractivity contribution is 0.468. The van der Waals surface area contributed by atoms with Crippen molar-refractivity contribution in [1.82, 2.24) is 0 Å². The second-order valence-electron chi connectivity index (χ2n) is 5.10. The highest BCUT2D eigenvalue weighted by Crippen LogP contribution is 2.33. The van der Waals surface area contributed by atoms with Gasteiger partial charge in [0.05, 0.1) is 0 Å². The molecule has 2 aromatic rings. The molecule has 0 saturated heterocycles. The summed E-state index contributed by atoms with van der Waals surface area (Å²) in [6.45, 7) is 4.02. The van der Waals surface area contributed by atoms with Gasteiger partial charge in [-0.2, -0.15) is 0 Å². The number of benzene rings is 2. The van der Waals surface area contributed by atoms with Crippen LogP contribution in [0.15, 0.2) is 36.4 Å². The van der Waals surface area contributed by atoms with Crippen LogP contribution in [0, 0.1) is 6.92 Å². The van der Waals surface area contributed by atoms with Crippen LogP contribution in [-0.4, -0.2) is 6.04 Å². The maximum Gasteiger partial charge on any atom is 0.132 e. The molecule has 0 radical (unpaired) electrons. The van der Waals surface area contributed by atoms with Crippen LogP contribution in [0.25, 0.3) is 0 Å². The van der Waals surface area contributed by atoms with E-state index >= 15 is 0 Å². The second kappa shape index (κ2) is 7.17. The zero-order valence-corrected chi connectivity index (χ0v) is 13.7. The smallest absolute Gasteiger partial charge is 0.132 e. The molecular formula is C17H19Cl2NO. The molecule has 2 aromatic carbocycles. The standard InChI is InChI=1S/C17H19Cl2NO/c1-3-13(20)10-14-15(19)5-4-6-17(14)21-16-8-7-12(18)9-11(16)2/h4-9,13H,3,10,20H2,1-2H3. The van der Waals surface area contributed by atoms with Gasteiger partial charge in [0.2, 0.25) is 0 Å². The largest absolute Gasteiger partial charge is 0.457 e. The number of rotatable bonds is 5. The van der Waals surface area contributed by atoms with Crippen molar-refractivity contribution in [3.63, 3.8) is 0 Å². The summed E-state index contributed by atoms with van der Waals surface area (Å²) in [7, 11) is 0. The van der Waals surface area contributed by atoms with Gasteiger partial charge in [-0.3, -0.25) is 0 Å². The highest BCUT2D eigenvalue weighted by atomic mass is 35.5. The molecule has 0 aliphatic carbocycles. The van der Waals surface area contributed by atoms with E-state index in [-0.39, 0.29) is 6.04 Å². The molecule has 0 aliphatic heterocycles. The van der Waals surface area contributed by atoms with E-state index in [4.69, 9.17) is 33.7 Å². The quantitative estimate of drug-likeness (QED) is 0.802. The second-order valence-corrected chi connectivity index (χ2v) is 5.94. The van der Waals surface area contributed by atoms with Crippen molar-refractivity contribution in [2.45, 2.75) is 32.7 Å². The van der Waals surface area contributed by atoms with E-state index in [1.807, 2.05) is 43.3 Å². The minimum atomic E-state index is 0.0681. The Kier molecular flexibility index (Phi) is 5.51. The molecule has 0 bridgehead atoms. The normalized spacial score (nSPS) is 12.2. The van der Waals surface area contributed by atoms with Gasteiger partial charge in [0, 0.05) is 21.7 Å². The first-order valence-corrected chi connectivity index (χ1v) is 7.73. The van der Waals surface area contributed by atoms with Crippen LogP contribution in [0.3, 0.4) is 0 Å². The minimum absolute atomic E-state index is 0.0681. The van der Waals surface area contributed by atoms with Gasteiger partial charge < -0.3 is 10.5 Å². The van der Waals surface area contributed by atoms with Gasteiger partial charge in [-0.05, 0) is 55.7 Å². The molecule has 2 nitrogen and oxygen atoms in total. The van der Waals surface area contributed by atoms with Crippen molar-refractivity contribution < 1.29 is 4.74 Å². The molecule has 1 unspecified atom stereocenters. The maximum atomic E-state index is 6.31. The fourth-order valence-corrected chi connectivity index (χ4v) is 2.55. The zero-order valence-electron chi connectivity index (χ0n) is 12.2. The Morgan fingerprint density at radius 1 is 1.14 bits per heavy atom. The van der Waals surface area contributed by atoms with E-state index in [0.29, 0.717) is 16.5 Å². The van der Waals surface area contributed by atoms with E-state index in [1.165, 1.54) is 0 Å². The monoisotopic (exact) mass is 323 g/mol. The number of nitrogens with two attached hydrogens (primary N) is 1. The summed E-state index contributed by atoms with van der Waals surface area (Å²) < 4.78 is 6.02. The minimum Gasteiger partial charge on any atom is -0.457 e. The molecule has 0 heterocycles. The van der Waals surface area contributed by atoms with Crippen LogP contribution in [0.4, 0.5) is 0 Å². The Hall–Kier alpha value is -1.22. The number of hydrogen-bond acceptors (Lipinski definition) is 2. The van der Waals surface area contributed by atoms with Crippen molar-refractivity contribution >= 4 is 23.2 Å². The van der Waals surface area contributed by atoms with Crippen LogP contribution in [0.2, 0.25) is 10.0 Å². The summed E-state index contributed by atoms with van der Waals surface area (Å²) in [5, 5.41) is 1.38. The van der Waals surface area contributed by atoms with Crippen LogP contribution in [-0.2, 0) is 6.42 Å². The molecular weight excluding hydrogens is 305 g/mol. The lowest BCUT2D eigenvalue weighted by atomic mass is 10.0. The van der Waals surface area contributed by atoms with Crippen molar-refractivity contribution in [2.75, 3.05) is 0 Å². The Morgan fingerprint density at radius 3 is 2.57 bits per heavy atom. The first-order chi connectivity index (χ1) is 10.0. The van der Waals surface area contributed by atoms with E-state index in [1.54, 1.807) is 0 Å². The molecule has 1 atom stereocenters. The van der Waals surface area contributed by atoms with Gasteiger partial charge in [0.25, 0.3) is 0 Å². The van der Waals surface area contributed by atoms with Gasteiger partial charge in [0.15, 0.2) is 0 Å². The maximum absolute atomic E-state index is 6.31. The Bertz CT molecular complexity index is 628. The third-order valence-corrected chi connectivity index (χ3v) is 4.01. The summed E-state index contributed by atoms with van der Waals surface area (Å²) >= 11 is 12.3. The van der Waals surface area contributed by atoms with Gasteiger partial charge >= 0.3 is 0 Å². The molecule has 0 aromatic heterocycles. The number of ether oxygens (including phenoxy) is 1. The number of hydrogen-bond donors (Lipinski definition) is 1. The Morgan fingerprint density at radius 2 is 1.90 bits per heavy atom. The summed E-state index contributed by atoms with van der Waals surface area (Å²) in [4.78, 5) is 0. The molecule has 2 rings (SSSR count). The molecule has 0 amide bonds. The molecule has 0 fully saturated rings. The highest BCUT2D eigenvalue weighted by Gasteiger charge is 2.13. The molecule has 4 heteroatoms. The lowest BCUT2D eigenvalue weighted by Crippen LogP contribution is -2.21. The summed E-state index contributed by atoms with van der Waals surface area (Å²) in [6.07, 6.45) is 1.59. The molecule has 0 saturated carbocycles. The molecule has 0 aliphatic rings. The van der Waals surface area contributed by atoms with E-state index in [0.717, 1.165) is 29.0 Å². The fourth-order valence-electron chi connectivity index (χ4n) is 2.08. The average Bonchev–Trinajstić information content (AvgIpc) is 2.45. The van der Waals surface area contributed by atoms with Gasteiger partial charge in [0.1, 0.15) is 11.5 Å². The van der Waals surface area contributed by atoms with Gasteiger partial charge in [-0.1, -0.05) is 36.2 Å². The van der Waals surface area contributed by atoms with Crippen LogP contribution >= 0.6 is 23.2 Å². The predicted octanol–water partition coefficient (Wildman–Crippen LogP) is 5.37. The first-order valence-electron chi connectivity index (χ1n) is 6.98. The third kappa shape index (κ3) is 4.13. The zero-order chi connectivity index (χ0) is 15.4. The lowest BCUT2D eigenvalue weighted by Gasteiger charge is -2.16. The van der Waals surface area contributed by atoms with E-state index < -0.39 is 0 Å². The number of aryl methyl sites for hydroxylation is 1. The third-order valence-electron chi connectivity index (χ3n) is 3.42. The SMILES string of the molecule is CCC(N)Cc1c(Cl)cccc1Oc1ccc(Cl)cc1C. The van der Waals surface area contributed by atoms with E-state index in [9.17, 15) is 0 Å². The van der Waals surface area contributed by atoms with Gasteiger partial charge in [-0.25, -0.2) is 0 Å².